The lowest BCUT2D eigenvalue weighted by Gasteiger charge is -2.26. The summed E-state index contributed by atoms with van der Waals surface area (Å²) in [6, 6.07) is 1.64. The van der Waals surface area contributed by atoms with E-state index < -0.39 is 9.84 Å². The maximum Gasteiger partial charge on any atom is 0.244 e. The van der Waals surface area contributed by atoms with Gasteiger partial charge >= 0.3 is 0 Å². The molecule has 2 atom stereocenters. The molecule has 0 N–H and O–H groups in total. The molecule has 2 saturated heterocycles. The summed E-state index contributed by atoms with van der Waals surface area (Å²) in [5.41, 5.74) is 0. The van der Waals surface area contributed by atoms with E-state index in [1.807, 2.05) is 0 Å². The van der Waals surface area contributed by atoms with Gasteiger partial charge in [-0.05, 0) is 12.5 Å². The highest BCUT2D eigenvalue weighted by Gasteiger charge is 2.49. The number of nitrogens with zero attached hydrogens (tertiary/aromatic N) is 3. The van der Waals surface area contributed by atoms with E-state index in [0.717, 1.165) is 0 Å². The molecule has 7 heteroatoms. The monoisotopic (exact) mass is 255 g/mol. The average Bonchev–Trinajstić information content (AvgIpc) is 2.90. The van der Waals surface area contributed by atoms with Crippen LogP contribution in [0.2, 0.25) is 0 Å². The summed E-state index contributed by atoms with van der Waals surface area (Å²) in [7, 11) is -2.93. The van der Waals surface area contributed by atoms with Gasteiger partial charge in [0, 0.05) is 25.0 Å². The fraction of sp³-hybridized carbons (Fsp3) is 0.600. The summed E-state index contributed by atoms with van der Waals surface area (Å²) in [4.78, 5) is 13.7. The van der Waals surface area contributed by atoms with Crippen molar-refractivity contribution in [1.29, 1.82) is 0 Å². The second-order valence-electron chi connectivity index (χ2n) is 4.59. The topological polar surface area (TPSA) is 72.3 Å². The summed E-state index contributed by atoms with van der Waals surface area (Å²) in [6.45, 7) is 0.545. The van der Waals surface area contributed by atoms with Crippen LogP contribution in [0.25, 0.3) is 0 Å². The van der Waals surface area contributed by atoms with Gasteiger partial charge in [-0.25, -0.2) is 8.42 Å². The van der Waals surface area contributed by atoms with Crippen molar-refractivity contribution in [2.45, 2.75) is 24.3 Å². The van der Waals surface area contributed by atoms with Gasteiger partial charge in [0.25, 0.3) is 0 Å². The van der Waals surface area contributed by atoms with E-state index in [4.69, 9.17) is 0 Å². The zero-order chi connectivity index (χ0) is 12.0. The minimum absolute atomic E-state index is 0.0453. The Morgan fingerprint density at radius 3 is 2.82 bits per heavy atom. The molecule has 2 bridgehead atoms. The first-order valence-electron chi connectivity index (χ1n) is 5.55. The molecule has 1 aromatic rings. The first-order valence-corrected chi connectivity index (χ1v) is 7.26. The molecule has 0 spiro atoms. The Hall–Kier alpha value is -1.37. The van der Waals surface area contributed by atoms with Crippen LogP contribution in [-0.2, 0) is 21.2 Å². The standard InChI is InChI=1S/C10H13N3O3S/c14-10(6-12-3-1-2-11-12)13-5-9-4-8(13)7-17(9,15)16/h1-3,8-9H,4-7H2. The van der Waals surface area contributed by atoms with Gasteiger partial charge in [-0.2, -0.15) is 5.10 Å². The number of likely N-dealkylation sites (tertiary alicyclic amines) is 1. The maximum absolute atomic E-state index is 12.0. The molecular formula is C10H13N3O3S. The molecule has 17 heavy (non-hydrogen) atoms. The first kappa shape index (κ1) is 10.8. The highest BCUT2D eigenvalue weighted by atomic mass is 32.2. The molecule has 2 aliphatic rings. The Morgan fingerprint density at radius 1 is 1.47 bits per heavy atom. The first-order chi connectivity index (χ1) is 8.06. The van der Waals surface area contributed by atoms with Crippen LogP contribution in [0.3, 0.4) is 0 Å². The van der Waals surface area contributed by atoms with Gasteiger partial charge in [-0.1, -0.05) is 0 Å². The molecule has 1 amide bonds. The molecule has 0 saturated carbocycles. The minimum Gasteiger partial charge on any atom is -0.336 e. The molecule has 92 valence electrons. The second-order valence-corrected chi connectivity index (χ2v) is 6.92. The van der Waals surface area contributed by atoms with Gasteiger partial charge in [0.05, 0.1) is 11.0 Å². The summed E-state index contributed by atoms with van der Waals surface area (Å²) in [5.74, 6) is 0.0822. The number of amides is 1. The predicted octanol–water partition coefficient (Wildman–Crippen LogP) is -0.719. The van der Waals surface area contributed by atoms with Crippen molar-refractivity contribution in [3.63, 3.8) is 0 Å². The van der Waals surface area contributed by atoms with Crippen LogP contribution in [0.4, 0.5) is 0 Å². The van der Waals surface area contributed by atoms with E-state index in [2.05, 4.69) is 5.10 Å². The van der Waals surface area contributed by atoms with Crippen LogP contribution in [0, 0.1) is 0 Å². The molecule has 3 rings (SSSR count). The summed E-state index contributed by atoms with van der Waals surface area (Å²) < 4.78 is 24.7. The van der Waals surface area contributed by atoms with Crippen molar-refractivity contribution in [3.8, 4) is 0 Å². The predicted molar refractivity (Wildman–Crippen MR) is 59.9 cm³/mol. The minimum atomic E-state index is -2.93. The summed E-state index contributed by atoms with van der Waals surface area (Å²) in [5, 5.41) is 3.63. The molecule has 0 aliphatic carbocycles. The average molecular weight is 255 g/mol. The highest BCUT2D eigenvalue weighted by Crippen LogP contribution is 2.32. The highest BCUT2D eigenvalue weighted by molar-refractivity contribution is 7.92. The van der Waals surface area contributed by atoms with E-state index in [1.54, 1.807) is 28.0 Å². The molecule has 2 unspecified atom stereocenters. The van der Waals surface area contributed by atoms with E-state index in [1.165, 1.54) is 0 Å². The number of carbonyl (C=O) groups is 1. The van der Waals surface area contributed by atoms with Crippen molar-refractivity contribution in [2.75, 3.05) is 12.3 Å². The van der Waals surface area contributed by atoms with Crippen LogP contribution in [0.5, 0.6) is 0 Å². The lowest BCUT2D eigenvalue weighted by atomic mass is 10.2. The van der Waals surface area contributed by atoms with Crippen LogP contribution in [0.1, 0.15) is 6.42 Å². The SMILES string of the molecule is O=C(Cn1cccn1)N1CC2CC1CS2(=O)=O. The molecule has 2 fully saturated rings. The molecule has 1 aromatic heterocycles. The number of aromatic nitrogens is 2. The van der Waals surface area contributed by atoms with Gasteiger partial charge in [-0.3, -0.25) is 9.48 Å². The second kappa shape index (κ2) is 3.56. The Bertz CT molecular complexity index is 537. The van der Waals surface area contributed by atoms with E-state index in [9.17, 15) is 13.2 Å². The summed E-state index contributed by atoms with van der Waals surface area (Å²) in [6.07, 6.45) is 3.95. The third kappa shape index (κ3) is 1.74. The number of sulfone groups is 1. The quantitative estimate of drug-likeness (QED) is 0.699. The van der Waals surface area contributed by atoms with Gasteiger partial charge in [0.1, 0.15) is 6.54 Å². The molecule has 6 nitrogen and oxygen atoms in total. The van der Waals surface area contributed by atoms with Crippen molar-refractivity contribution >= 4 is 15.7 Å². The fourth-order valence-corrected chi connectivity index (χ4v) is 4.65. The largest absolute Gasteiger partial charge is 0.336 e. The number of fused-ring (bicyclic) bond motifs is 2. The van der Waals surface area contributed by atoms with Gasteiger partial charge < -0.3 is 4.90 Å². The lowest BCUT2D eigenvalue weighted by Crippen LogP contribution is -2.45. The Balaban J connectivity index is 1.70. The van der Waals surface area contributed by atoms with Gasteiger partial charge in [0.15, 0.2) is 9.84 Å². The molecule has 2 aliphatic heterocycles. The van der Waals surface area contributed by atoms with E-state index in [-0.39, 0.29) is 29.5 Å². The summed E-state index contributed by atoms with van der Waals surface area (Å²) >= 11 is 0. The van der Waals surface area contributed by atoms with Crippen molar-refractivity contribution in [1.82, 2.24) is 14.7 Å². The van der Waals surface area contributed by atoms with E-state index >= 15 is 0 Å². The van der Waals surface area contributed by atoms with Crippen LogP contribution >= 0.6 is 0 Å². The van der Waals surface area contributed by atoms with Gasteiger partial charge in [0.2, 0.25) is 5.91 Å². The van der Waals surface area contributed by atoms with Crippen molar-refractivity contribution < 1.29 is 13.2 Å². The zero-order valence-electron chi connectivity index (χ0n) is 9.19. The molecule has 0 aromatic carbocycles. The number of hydrogen-bond donors (Lipinski definition) is 0. The molecule has 3 heterocycles. The Morgan fingerprint density at radius 2 is 2.29 bits per heavy atom. The van der Waals surface area contributed by atoms with E-state index in [0.29, 0.717) is 13.0 Å². The smallest absolute Gasteiger partial charge is 0.244 e. The zero-order valence-corrected chi connectivity index (χ0v) is 10.0. The fourth-order valence-electron chi connectivity index (χ4n) is 2.62. The maximum atomic E-state index is 12.0. The lowest BCUT2D eigenvalue weighted by molar-refractivity contribution is -0.132. The Kier molecular flexibility index (Phi) is 2.25. The van der Waals surface area contributed by atoms with Gasteiger partial charge in [-0.15, -0.1) is 0 Å². The number of carbonyl (C=O) groups excluding carboxylic acids is 1. The normalized spacial score (nSPS) is 29.8. The third-order valence-electron chi connectivity index (χ3n) is 3.49. The third-order valence-corrected chi connectivity index (χ3v) is 5.69. The molecule has 0 radical (unpaired) electrons. The Labute approximate surface area is 99.1 Å². The van der Waals surface area contributed by atoms with Crippen molar-refractivity contribution in [2.24, 2.45) is 0 Å². The van der Waals surface area contributed by atoms with Crippen LogP contribution < -0.4 is 0 Å². The van der Waals surface area contributed by atoms with Crippen molar-refractivity contribution in [3.05, 3.63) is 18.5 Å². The molecular weight excluding hydrogens is 242 g/mol. The van der Waals surface area contributed by atoms with Crippen LogP contribution in [-0.4, -0.2) is 52.6 Å². The number of rotatable bonds is 2. The number of hydrogen-bond acceptors (Lipinski definition) is 4. The van der Waals surface area contributed by atoms with Crippen LogP contribution in [0.15, 0.2) is 18.5 Å².